The average Bonchev–Trinajstić information content (AvgIpc) is 3.56. The maximum Gasteiger partial charge on any atom is 0.408 e. The molecule has 4 heterocycles. The maximum absolute atomic E-state index is 14.2. The van der Waals surface area contributed by atoms with E-state index in [0.717, 1.165) is 62.4 Å². The normalized spacial score (nSPS) is 31.4. The molecule has 4 aliphatic rings. The Morgan fingerprint density at radius 3 is 2.58 bits per heavy atom. The van der Waals surface area contributed by atoms with E-state index in [9.17, 15) is 14.4 Å². The molecule has 2 bridgehead atoms. The van der Waals surface area contributed by atoms with Gasteiger partial charge in [0.2, 0.25) is 11.8 Å². The largest absolute Gasteiger partial charge is 0.497 e. The number of hydrogen-bond acceptors (Lipinski definition) is 9. The molecule has 0 radical (unpaired) electrons. The van der Waals surface area contributed by atoms with Crippen LogP contribution in [0.15, 0.2) is 18.2 Å². The van der Waals surface area contributed by atoms with Crippen molar-refractivity contribution >= 4 is 29.3 Å². The number of nitrogens with zero attached hydrogens (tertiary/aromatic N) is 3. The highest BCUT2D eigenvalue weighted by Crippen LogP contribution is 2.37. The highest BCUT2D eigenvalue weighted by molar-refractivity contribution is 5.89. The van der Waals surface area contributed by atoms with Gasteiger partial charge in [0.15, 0.2) is 0 Å². The number of aryl methyl sites for hydroxylation is 1. The Bertz CT molecular complexity index is 1360. The minimum Gasteiger partial charge on any atom is -0.497 e. The van der Waals surface area contributed by atoms with Gasteiger partial charge in [-0.25, -0.2) is 14.8 Å². The number of ether oxygens (including phenoxy) is 4. The molecule has 1 aliphatic carbocycles. The van der Waals surface area contributed by atoms with E-state index in [2.05, 4.69) is 5.32 Å². The van der Waals surface area contributed by atoms with Gasteiger partial charge in [-0.2, -0.15) is 0 Å². The number of rotatable bonds is 3. The predicted molar refractivity (Wildman–Crippen MR) is 157 cm³/mol. The molecule has 11 nitrogen and oxygen atoms in total. The number of aromatic nitrogens is 2. The first-order valence-corrected chi connectivity index (χ1v) is 15.6. The topological polar surface area (TPSA) is 129 Å². The van der Waals surface area contributed by atoms with Crippen molar-refractivity contribution in [1.82, 2.24) is 20.2 Å². The second-order valence-electron chi connectivity index (χ2n) is 12.9. The van der Waals surface area contributed by atoms with Crippen LogP contribution < -0.4 is 14.8 Å². The van der Waals surface area contributed by atoms with Crippen molar-refractivity contribution in [1.29, 1.82) is 0 Å². The fraction of sp³-hybridized carbons (Fsp3) is 0.656. The van der Waals surface area contributed by atoms with Gasteiger partial charge in [-0.15, -0.1) is 0 Å². The molecule has 43 heavy (non-hydrogen) atoms. The molecular weight excluding hydrogens is 552 g/mol. The molecule has 6 rings (SSSR count). The van der Waals surface area contributed by atoms with Crippen LogP contribution in [-0.2, 0) is 25.5 Å². The van der Waals surface area contributed by atoms with Gasteiger partial charge in [-0.3, -0.25) is 4.79 Å². The molecule has 1 saturated carbocycles. The Labute approximate surface area is 252 Å². The summed E-state index contributed by atoms with van der Waals surface area (Å²) >= 11 is 0. The van der Waals surface area contributed by atoms with Crippen LogP contribution in [0.2, 0.25) is 0 Å². The van der Waals surface area contributed by atoms with Gasteiger partial charge in [-0.1, -0.05) is 26.7 Å². The molecule has 0 unspecified atom stereocenters. The number of methoxy groups -OCH3 is 1. The zero-order chi connectivity index (χ0) is 30.1. The number of benzene rings is 1. The quantitative estimate of drug-likeness (QED) is 0.527. The van der Waals surface area contributed by atoms with Crippen molar-refractivity contribution in [2.45, 2.75) is 89.5 Å². The summed E-state index contributed by atoms with van der Waals surface area (Å²) in [4.78, 5) is 51.1. The summed E-state index contributed by atoms with van der Waals surface area (Å²) in [6.07, 6.45) is 7.03. The van der Waals surface area contributed by atoms with E-state index in [-0.39, 0.29) is 24.5 Å². The van der Waals surface area contributed by atoms with Crippen LogP contribution in [0.4, 0.5) is 4.79 Å². The lowest BCUT2D eigenvalue weighted by atomic mass is 9.79. The zero-order valence-electron chi connectivity index (χ0n) is 25.3. The van der Waals surface area contributed by atoms with Crippen LogP contribution in [0.25, 0.3) is 11.0 Å². The Balaban J connectivity index is 1.35. The fourth-order valence-corrected chi connectivity index (χ4v) is 7.09. The third-order valence-corrected chi connectivity index (χ3v) is 9.86. The lowest BCUT2D eigenvalue weighted by Gasteiger charge is -2.45. The van der Waals surface area contributed by atoms with Crippen LogP contribution in [0.3, 0.4) is 0 Å². The minimum atomic E-state index is -0.899. The van der Waals surface area contributed by atoms with Crippen molar-refractivity contribution in [3.63, 3.8) is 0 Å². The van der Waals surface area contributed by atoms with E-state index >= 15 is 0 Å². The van der Waals surface area contributed by atoms with Crippen molar-refractivity contribution in [3.05, 3.63) is 23.9 Å². The molecule has 232 valence electrons. The SMILES string of the molecule is COc1ccc2nc3c(nc2c1)O[C@H]1CN(C(=O)[C@H](C2(C)COC2)NC(=O)O[C@@H]2CCC[C@H]2CCCCC3)[C@H](C=O)[C@@H]1C. The van der Waals surface area contributed by atoms with Crippen molar-refractivity contribution < 1.29 is 33.3 Å². The summed E-state index contributed by atoms with van der Waals surface area (Å²) in [7, 11) is 1.61. The number of hydrogen-bond donors (Lipinski definition) is 1. The van der Waals surface area contributed by atoms with E-state index < -0.39 is 29.7 Å². The molecule has 0 spiro atoms. The van der Waals surface area contributed by atoms with Crippen LogP contribution in [-0.4, -0.2) is 84.3 Å². The highest BCUT2D eigenvalue weighted by atomic mass is 16.6. The number of amides is 2. The minimum absolute atomic E-state index is 0.164. The number of alkyl carbamates (subject to hydrolysis) is 1. The summed E-state index contributed by atoms with van der Waals surface area (Å²) in [5, 5.41) is 2.89. The molecule has 2 amide bonds. The molecule has 2 aromatic rings. The summed E-state index contributed by atoms with van der Waals surface area (Å²) in [5.74, 6) is 0.749. The number of carbonyl (C=O) groups excluding carboxylic acids is 3. The van der Waals surface area contributed by atoms with Crippen LogP contribution in [0.1, 0.15) is 64.5 Å². The van der Waals surface area contributed by atoms with E-state index in [1.807, 2.05) is 32.0 Å². The first-order valence-electron chi connectivity index (χ1n) is 15.6. The van der Waals surface area contributed by atoms with E-state index in [1.54, 1.807) is 7.11 Å². The molecule has 6 atom stereocenters. The van der Waals surface area contributed by atoms with Crippen molar-refractivity contribution in [2.75, 3.05) is 26.9 Å². The van der Waals surface area contributed by atoms with E-state index in [0.29, 0.717) is 42.7 Å². The molecule has 3 aliphatic heterocycles. The summed E-state index contributed by atoms with van der Waals surface area (Å²) < 4.78 is 23.4. The van der Waals surface area contributed by atoms with Crippen LogP contribution >= 0.6 is 0 Å². The Morgan fingerprint density at radius 2 is 1.84 bits per heavy atom. The molecule has 11 heteroatoms. The molecule has 1 aromatic heterocycles. The van der Waals surface area contributed by atoms with Crippen LogP contribution in [0, 0.1) is 17.3 Å². The Morgan fingerprint density at radius 1 is 1.02 bits per heavy atom. The van der Waals surface area contributed by atoms with E-state index in [1.165, 1.54) is 4.90 Å². The molecular formula is C32H42N4O7. The third kappa shape index (κ3) is 5.88. The lowest BCUT2D eigenvalue weighted by molar-refractivity contribution is -0.157. The van der Waals surface area contributed by atoms with Gasteiger partial charge < -0.3 is 34.0 Å². The number of aldehydes is 1. The predicted octanol–water partition coefficient (Wildman–Crippen LogP) is 3.85. The average molecular weight is 595 g/mol. The highest BCUT2D eigenvalue weighted by Gasteiger charge is 2.52. The van der Waals surface area contributed by atoms with Gasteiger partial charge in [-0.05, 0) is 56.6 Å². The third-order valence-electron chi connectivity index (χ3n) is 9.86. The lowest BCUT2D eigenvalue weighted by Crippen LogP contribution is -2.63. The van der Waals surface area contributed by atoms with Crippen molar-refractivity contribution in [2.24, 2.45) is 17.3 Å². The second-order valence-corrected chi connectivity index (χ2v) is 12.9. The second kappa shape index (κ2) is 12.3. The Hall–Kier alpha value is -3.47. The van der Waals surface area contributed by atoms with Crippen LogP contribution in [0.5, 0.6) is 11.6 Å². The smallest absolute Gasteiger partial charge is 0.408 e. The Kier molecular flexibility index (Phi) is 8.44. The van der Waals surface area contributed by atoms with Gasteiger partial charge in [0.25, 0.3) is 0 Å². The standard InChI is InChI=1S/C32H42N4O7/c1-19-25(16-37)36-15-27(19)42-29-23(33-22-13-12-21(40-3)14-24(22)34-29)10-6-4-5-8-20-9-7-11-26(20)43-31(39)35-28(30(36)38)32(2)17-41-18-32/h12-14,16,19-20,25-28H,4-11,15,17-18H2,1-3H3,(H,35,39)/t19-,20+,25+,26+,27-,28+/m0/s1. The number of carbonyl (C=O) groups is 3. The number of nitrogens with one attached hydrogen (secondary N) is 1. The molecule has 1 aromatic carbocycles. The molecule has 2 saturated heterocycles. The van der Waals surface area contributed by atoms with E-state index in [4.69, 9.17) is 28.9 Å². The zero-order valence-corrected chi connectivity index (χ0v) is 25.3. The maximum atomic E-state index is 14.2. The molecule has 1 N–H and O–H groups in total. The summed E-state index contributed by atoms with van der Waals surface area (Å²) in [6, 6.07) is 3.97. The summed E-state index contributed by atoms with van der Waals surface area (Å²) in [5.41, 5.74) is 1.56. The van der Waals surface area contributed by atoms with Gasteiger partial charge in [0, 0.05) is 17.4 Å². The van der Waals surface area contributed by atoms with Crippen molar-refractivity contribution in [3.8, 4) is 11.6 Å². The first-order chi connectivity index (χ1) is 20.8. The monoisotopic (exact) mass is 594 g/mol. The van der Waals surface area contributed by atoms with Gasteiger partial charge in [0.05, 0.1) is 43.9 Å². The fourth-order valence-electron chi connectivity index (χ4n) is 7.09. The molecule has 3 fully saturated rings. The number of fused-ring (bicyclic) bond motifs is 5. The summed E-state index contributed by atoms with van der Waals surface area (Å²) in [6.45, 7) is 4.64. The van der Waals surface area contributed by atoms with Gasteiger partial charge >= 0.3 is 6.09 Å². The van der Waals surface area contributed by atoms with Gasteiger partial charge in [0.1, 0.15) is 36.0 Å². The first kappa shape index (κ1) is 29.6.